The van der Waals surface area contributed by atoms with Gasteiger partial charge in [0, 0.05) is 22.9 Å². The lowest BCUT2D eigenvalue weighted by Crippen LogP contribution is -2.37. The SMILES string of the molecule is CCCNC(CSc1nc(C)cs1)C(C)CC. The van der Waals surface area contributed by atoms with E-state index >= 15 is 0 Å². The summed E-state index contributed by atoms with van der Waals surface area (Å²) in [7, 11) is 0. The third kappa shape index (κ3) is 5.40. The molecule has 0 saturated carbocycles. The second-order valence-electron chi connectivity index (χ2n) is 4.51. The zero-order valence-electron chi connectivity index (χ0n) is 11.3. The van der Waals surface area contributed by atoms with E-state index in [0.717, 1.165) is 23.9 Å². The number of aryl methyl sites for hydroxylation is 1. The summed E-state index contributed by atoms with van der Waals surface area (Å²) in [4.78, 5) is 4.50. The Morgan fingerprint density at radius 3 is 2.76 bits per heavy atom. The Bertz CT molecular complexity index is 312. The van der Waals surface area contributed by atoms with E-state index < -0.39 is 0 Å². The molecule has 2 atom stereocenters. The van der Waals surface area contributed by atoms with Gasteiger partial charge in [0.15, 0.2) is 0 Å². The zero-order chi connectivity index (χ0) is 12.7. The monoisotopic (exact) mass is 272 g/mol. The molecule has 1 rings (SSSR count). The minimum atomic E-state index is 0.606. The van der Waals surface area contributed by atoms with Gasteiger partial charge in [-0.1, -0.05) is 39.0 Å². The zero-order valence-corrected chi connectivity index (χ0v) is 13.0. The molecule has 2 unspecified atom stereocenters. The van der Waals surface area contributed by atoms with E-state index in [1.807, 2.05) is 11.8 Å². The van der Waals surface area contributed by atoms with Crippen LogP contribution in [0.3, 0.4) is 0 Å². The average molecular weight is 272 g/mol. The summed E-state index contributed by atoms with van der Waals surface area (Å²) in [6.45, 7) is 10.00. The number of rotatable bonds is 8. The number of aromatic nitrogens is 1. The van der Waals surface area contributed by atoms with Gasteiger partial charge in [-0.2, -0.15) is 0 Å². The van der Waals surface area contributed by atoms with E-state index in [4.69, 9.17) is 0 Å². The van der Waals surface area contributed by atoms with Gasteiger partial charge in [0.2, 0.25) is 0 Å². The predicted octanol–water partition coefficient (Wildman–Crippen LogP) is 3.96. The molecular weight excluding hydrogens is 248 g/mol. The smallest absolute Gasteiger partial charge is 0.150 e. The number of nitrogens with one attached hydrogen (secondary N) is 1. The number of nitrogens with zero attached hydrogens (tertiary/aromatic N) is 1. The van der Waals surface area contributed by atoms with Gasteiger partial charge in [0.05, 0.1) is 0 Å². The van der Waals surface area contributed by atoms with Crippen LogP contribution in [-0.2, 0) is 0 Å². The largest absolute Gasteiger partial charge is 0.313 e. The van der Waals surface area contributed by atoms with Crippen molar-refractivity contribution in [3.63, 3.8) is 0 Å². The normalized spacial score (nSPS) is 14.8. The lowest BCUT2D eigenvalue weighted by molar-refractivity contribution is 0.397. The van der Waals surface area contributed by atoms with Crippen LogP contribution in [-0.4, -0.2) is 23.3 Å². The number of hydrogen-bond donors (Lipinski definition) is 1. The molecule has 1 aromatic rings. The topological polar surface area (TPSA) is 24.9 Å². The van der Waals surface area contributed by atoms with E-state index in [1.54, 1.807) is 11.3 Å². The highest BCUT2D eigenvalue weighted by Gasteiger charge is 2.15. The molecule has 0 saturated heterocycles. The first-order valence-corrected chi connectivity index (χ1v) is 8.32. The van der Waals surface area contributed by atoms with Crippen molar-refractivity contribution >= 4 is 23.1 Å². The maximum Gasteiger partial charge on any atom is 0.150 e. The molecule has 1 aromatic heterocycles. The number of thioether (sulfide) groups is 1. The van der Waals surface area contributed by atoms with Gasteiger partial charge < -0.3 is 5.32 Å². The third-order valence-electron chi connectivity index (χ3n) is 2.97. The third-order valence-corrected chi connectivity index (χ3v) is 5.23. The molecule has 0 aliphatic carbocycles. The summed E-state index contributed by atoms with van der Waals surface area (Å²) in [5.74, 6) is 1.86. The molecule has 0 fully saturated rings. The Morgan fingerprint density at radius 1 is 1.47 bits per heavy atom. The molecule has 0 aliphatic rings. The molecule has 0 bridgehead atoms. The summed E-state index contributed by atoms with van der Waals surface area (Å²) in [5.41, 5.74) is 1.14. The molecule has 0 spiro atoms. The molecule has 17 heavy (non-hydrogen) atoms. The highest BCUT2D eigenvalue weighted by atomic mass is 32.2. The van der Waals surface area contributed by atoms with Crippen molar-refractivity contribution in [2.75, 3.05) is 12.3 Å². The van der Waals surface area contributed by atoms with Crippen molar-refractivity contribution in [2.24, 2.45) is 5.92 Å². The van der Waals surface area contributed by atoms with Gasteiger partial charge >= 0.3 is 0 Å². The molecule has 0 amide bonds. The van der Waals surface area contributed by atoms with Gasteiger partial charge in [-0.15, -0.1) is 11.3 Å². The fourth-order valence-corrected chi connectivity index (χ4v) is 3.72. The first-order valence-electron chi connectivity index (χ1n) is 6.45. The van der Waals surface area contributed by atoms with Crippen LogP contribution in [0.15, 0.2) is 9.72 Å². The van der Waals surface area contributed by atoms with E-state index in [0.29, 0.717) is 6.04 Å². The van der Waals surface area contributed by atoms with Crippen LogP contribution < -0.4 is 5.32 Å². The van der Waals surface area contributed by atoms with E-state index in [2.05, 4.69) is 43.4 Å². The first kappa shape index (κ1) is 15.0. The van der Waals surface area contributed by atoms with Crippen LogP contribution in [0.25, 0.3) is 0 Å². The van der Waals surface area contributed by atoms with Crippen LogP contribution in [0.1, 0.15) is 39.3 Å². The minimum Gasteiger partial charge on any atom is -0.313 e. The van der Waals surface area contributed by atoms with E-state index in [1.165, 1.54) is 17.2 Å². The first-order chi connectivity index (χ1) is 8.17. The second-order valence-corrected chi connectivity index (χ2v) is 6.64. The Hall–Kier alpha value is -0.0600. The summed E-state index contributed by atoms with van der Waals surface area (Å²) >= 11 is 3.65. The molecule has 0 radical (unpaired) electrons. The summed E-state index contributed by atoms with van der Waals surface area (Å²) in [6.07, 6.45) is 2.44. The van der Waals surface area contributed by atoms with Crippen molar-refractivity contribution in [2.45, 2.75) is 50.9 Å². The summed E-state index contributed by atoms with van der Waals surface area (Å²) in [6, 6.07) is 0.606. The van der Waals surface area contributed by atoms with Gasteiger partial charge in [-0.3, -0.25) is 0 Å². The van der Waals surface area contributed by atoms with Crippen LogP contribution >= 0.6 is 23.1 Å². The Kier molecular flexibility index (Phi) is 7.16. The van der Waals surface area contributed by atoms with Crippen molar-refractivity contribution in [3.05, 3.63) is 11.1 Å². The maximum atomic E-state index is 4.50. The predicted molar refractivity (Wildman–Crippen MR) is 79.1 cm³/mol. The molecule has 98 valence electrons. The lowest BCUT2D eigenvalue weighted by atomic mass is 10.0. The molecular formula is C13H24N2S2. The summed E-state index contributed by atoms with van der Waals surface area (Å²) in [5, 5.41) is 5.78. The van der Waals surface area contributed by atoms with Crippen LogP contribution in [0.2, 0.25) is 0 Å². The Balaban J connectivity index is 2.42. The Labute approximate surface area is 114 Å². The van der Waals surface area contributed by atoms with Gasteiger partial charge in [-0.25, -0.2) is 4.98 Å². The van der Waals surface area contributed by atoms with E-state index in [-0.39, 0.29) is 0 Å². The number of thiazole rings is 1. The van der Waals surface area contributed by atoms with Crippen molar-refractivity contribution < 1.29 is 0 Å². The standard InChI is InChI=1S/C13H24N2S2/c1-5-7-14-12(10(3)6-2)9-17-13-15-11(4)8-16-13/h8,10,12,14H,5-7,9H2,1-4H3. The Morgan fingerprint density at radius 2 is 2.24 bits per heavy atom. The van der Waals surface area contributed by atoms with Gasteiger partial charge in [-0.05, 0) is 25.8 Å². The second kappa shape index (κ2) is 8.11. The maximum absolute atomic E-state index is 4.50. The van der Waals surface area contributed by atoms with E-state index in [9.17, 15) is 0 Å². The van der Waals surface area contributed by atoms with Crippen molar-refractivity contribution in [1.82, 2.24) is 10.3 Å². The molecule has 1 N–H and O–H groups in total. The van der Waals surface area contributed by atoms with Crippen molar-refractivity contribution in [1.29, 1.82) is 0 Å². The fourth-order valence-electron chi connectivity index (χ4n) is 1.60. The highest BCUT2D eigenvalue weighted by Crippen LogP contribution is 2.25. The van der Waals surface area contributed by atoms with Crippen LogP contribution in [0, 0.1) is 12.8 Å². The molecule has 0 aliphatic heterocycles. The van der Waals surface area contributed by atoms with Crippen molar-refractivity contribution in [3.8, 4) is 0 Å². The average Bonchev–Trinajstić information content (AvgIpc) is 2.74. The van der Waals surface area contributed by atoms with Crippen LogP contribution in [0.5, 0.6) is 0 Å². The molecule has 2 nitrogen and oxygen atoms in total. The van der Waals surface area contributed by atoms with Crippen LogP contribution in [0.4, 0.5) is 0 Å². The highest BCUT2D eigenvalue weighted by molar-refractivity contribution is 8.01. The number of hydrogen-bond acceptors (Lipinski definition) is 4. The molecule has 0 aromatic carbocycles. The van der Waals surface area contributed by atoms with Gasteiger partial charge in [0.25, 0.3) is 0 Å². The quantitative estimate of drug-likeness (QED) is 0.725. The minimum absolute atomic E-state index is 0.606. The molecule has 4 heteroatoms. The van der Waals surface area contributed by atoms with Gasteiger partial charge in [0.1, 0.15) is 4.34 Å². The lowest BCUT2D eigenvalue weighted by Gasteiger charge is -2.23. The molecule has 1 heterocycles. The summed E-state index contributed by atoms with van der Waals surface area (Å²) < 4.78 is 1.20. The fraction of sp³-hybridized carbons (Fsp3) is 0.769.